The van der Waals surface area contributed by atoms with Crippen LogP contribution in [0.4, 0.5) is 4.39 Å². The number of halogens is 1. The van der Waals surface area contributed by atoms with Gasteiger partial charge in [0, 0.05) is 24.6 Å². The third-order valence-electron chi connectivity index (χ3n) is 5.45. The molecule has 1 aromatic carbocycles. The Kier molecular flexibility index (Phi) is 4.91. The van der Waals surface area contributed by atoms with Crippen LogP contribution in [0.25, 0.3) is 0 Å². The second-order valence-electron chi connectivity index (χ2n) is 7.16. The molecule has 2 aliphatic rings. The van der Waals surface area contributed by atoms with E-state index in [0.717, 1.165) is 43.6 Å². The maximum Gasteiger partial charge on any atom is 0.226 e. The Morgan fingerprint density at radius 2 is 2.12 bits per heavy atom. The lowest BCUT2D eigenvalue weighted by molar-refractivity contribution is -0.139. The van der Waals surface area contributed by atoms with E-state index in [2.05, 4.69) is 10.2 Å². The average molecular weight is 357 g/mol. The third kappa shape index (κ3) is 3.45. The number of rotatable bonds is 6. The molecule has 1 amide bonds. The number of ether oxygens (including phenoxy) is 1. The summed E-state index contributed by atoms with van der Waals surface area (Å²) in [6.45, 7) is 1.20. The van der Waals surface area contributed by atoms with Gasteiger partial charge in [0.15, 0.2) is 11.6 Å². The standard InChI is InChI=1S/C20H24FN3O2/c21-16-7-1-2-9-19(16)26-12-10-15-13-17(23-22-15)18-8-4-11-24(18)20(25)14-5-3-6-14/h1-2,7,9,13-14,18H,3-6,8,10-12H2,(H,22,23)/t18-/m1/s1. The summed E-state index contributed by atoms with van der Waals surface area (Å²) in [4.78, 5) is 14.6. The molecular weight excluding hydrogens is 333 g/mol. The lowest BCUT2D eigenvalue weighted by Gasteiger charge is -2.32. The molecule has 0 bridgehead atoms. The van der Waals surface area contributed by atoms with Crippen molar-refractivity contribution < 1.29 is 13.9 Å². The molecule has 1 saturated heterocycles. The van der Waals surface area contributed by atoms with E-state index in [1.807, 2.05) is 11.0 Å². The van der Waals surface area contributed by atoms with E-state index in [-0.39, 0.29) is 23.5 Å². The number of H-pyrrole nitrogens is 1. The summed E-state index contributed by atoms with van der Waals surface area (Å²) in [5, 5.41) is 7.47. The first kappa shape index (κ1) is 17.1. The highest BCUT2D eigenvalue weighted by Gasteiger charge is 2.37. The van der Waals surface area contributed by atoms with Gasteiger partial charge in [0.25, 0.3) is 0 Å². The van der Waals surface area contributed by atoms with Gasteiger partial charge in [-0.1, -0.05) is 18.6 Å². The van der Waals surface area contributed by atoms with Crippen molar-refractivity contribution in [1.82, 2.24) is 15.1 Å². The number of hydrogen-bond donors (Lipinski definition) is 1. The molecule has 0 radical (unpaired) electrons. The van der Waals surface area contributed by atoms with Crippen LogP contribution in [0.15, 0.2) is 30.3 Å². The Labute approximate surface area is 152 Å². The van der Waals surface area contributed by atoms with Gasteiger partial charge in [0.1, 0.15) is 0 Å². The van der Waals surface area contributed by atoms with E-state index in [4.69, 9.17) is 4.74 Å². The van der Waals surface area contributed by atoms with Gasteiger partial charge in [-0.05, 0) is 43.9 Å². The number of nitrogens with one attached hydrogen (secondary N) is 1. The van der Waals surface area contributed by atoms with Crippen LogP contribution in [0.1, 0.15) is 49.5 Å². The van der Waals surface area contributed by atoms with Crippen molar-refractivity contribution in [2.75, 3.05) is 13.2 Å². The van der Waals surface area contributed by atoms with E-state index >= 15 is 0 Å². The maximum absolute atomic E-state index is 13.6. The minimum absolute atomic E-state index is 0.0839. The number of carbonyl (C=O) groups is 1. The molecule has 1 aliphatic carbocycles. The maximum atomic E-state index is 13.6. The molecule has 2 aromatic rings. The van der Waals surface area contributed by atoms with Gasteiger partial charge < -0.3 is 9.64 Å². The normalized spacial score (nSPS) is 20.2. The van der Waals surface area contributed by atoms with Gasteiger partial charge >= 0.3 is 0 Å². The van der Waals surface area contributed by atoms with E-state index in [1.54, 1.807) is 18.2 Å². The van der Waals surface area contributed by atoms with Crippen molar-refractivity contribution in [3.8, 4) is 5.75 Å². The zero-order valence-electron chi connectivity index (χ0n) is 14.8. The van der Waals surface area contributed by atoms with Gasteiger partial charge in [0.2, 0.25) is 5.91 Å². The highest BCUT2D eigenvalue weighted by molar-refractivity contribution is 5.80. The molecule has 0 spiro atoms. The predicted octanol–water partition coefficient (Wildman–Crippen LogP) is 3.63. The van der Waals surface area contributed by atoms with Crippen molar-refractivity contribution in [1.29, 1.82) is 0 Å². The second-order valence-corrected chi connectivity index (χ2v) is 7.16. The largest absolute Gasteiger partial charge is 0.490 e. The van der Waals surface area contributed by atoms with E-state index < -0.39 is 0 Å². The van der Waals surface area contributed by atoms with Crippen LogP contribution in [0.2, 0.25) is 0 Å². The van der Waals surface area contributed by atoms with Gasteiger partial charge in [-0.15, -0.1) is 0 Å². The molecule has 2 fully saturated rings. The number of aromatic amines is 1. The topological polar surface area (TPSA) is 58.2 Å². The number of para-hydroxylation sites is 1. The summed E-state index contributed by atoms with van der Waals surface area (Å²) in [6, 6.07) is 8.50. The Balaban J connectivity index is 1.35. The van der Waals surface area contributed by atoms with Crippen molar-refractivity contribution in [2.24, 2.45) is 5.92 Å². The molecule has 1 aromatic heterocycles. The summed E-state index contributed by atoms with van der Waals surface area (Å²) < 4.78 is 19.1. The molecule has 26 heavy (non-hydrogen) atoms. The number of hydrogen-bond acceptors (Lipinski definition) is 3. The monoisotopic (exact) mass is 357 g/mol. The molecule has 1 aliphatic heterocycles. The molecule has 1 saturated carbocycles. The Morgan fingerprint density at radius 1 is 1.27 bits per heavy atom. The molecular formula is C20H24FN3O2. The Bertz CT molecular complexity index is 772. The summed E-state index contributed by atoms with van der Waals surface area (Å²) >= 11 is 0. The second kappa shape index (κ2) is 7.48. The van der Waals surface area contributed by atoms with Crippen LogP contribution in [0, 0.1) is 11.7 Å². The SMILES string of the molecule is O=C(C1CCC1)N1CCC[C@@H]1c1cc(CCOc2ccccc2F)[nH]n1. The number of benzene rings is 1. The average Bonchev–Trinajstić information content (AvgIpc) is 3.23. The number of aromatic nitrogens is 2. The van der Waals surface area contributed by atoms with Crippen molar-refractivity contribution in [3.63, 3.8) is 0 Å². The molecule has 138 valence electrons. The molecule has 1 atom stereocenters. The van der Waals surface area contributed by atoms with Crippen LogP contribution in [-0.4, -0.2) is 34.2 Å². The third-order valence-corrected chi connectivity index (χ3v) is 5.45. The minimum atomic E-state index is -0.353. The van der Waals surface area contributed by atoms with E-state index in [9.17, 15) is 9.18 Å². The highest BCUT2D eigenvalue weighted by atomic mass is 19.1. The van der Waals surface area contributed by atoms with Crippen LogP contribution in [0.5, 0.6) is 5.75 Å². The van der Waals surface area contributed by atoms with Gasteiger partial charge in [-0.25, -0.2) is 4.39 Å². The first-order valence-corrected chi connectivity index (χ1v) is 9.44. The first-order chi connectivity index (χ1) is 12.7. The van der Waals surface area contributed by atoms with Gasteiger partial charge in [0.05, 0.1) is 18.3 Å². The minimum Gasteiger partial charge on any atom is -0.490 e. The summed E-state index contributed by atoms with van der Waals surface area (Å²) in [5.41, 5.74) is 1.87. The zero-order chi connectivity index (χ0) is 17.9. The highest BCUT2D eigenvalue weighted by Crippen LogP contribution is 2.36. The molecule has 6 heteroatoms. The fourth-order valence-corrected chi connectivity index (χ4v) is 3.74. The Morgan fingerprint density at radius 3 is 2.88 bits per heavy atom. The predicted molar refractivity (Wildman–Crippen MR) is 95.2 cm³/mol. The summed E-state index contributed by atoms with van der Waals surface area (Å²) in [6.07, 6.45) is 5.84. The zero-order valence-corrected chi connectivity index (χ0v) is 14.8. The lowest BCUT2D eigenvalue weighted by Crippen LogP contribution is -2.38. The fourth-order valence-electron chi connectivity index (χ4n) is 3.74. The van der Waals surface area contributed by atoms with Crippen molar-refractivity contribution in [3.05, 3.63) is 47.5 Å². The number of carbonyl (C=O) groups excluding carboxylic acids is 1. The lowest BCUT2D eigenvalue weighted by atomic mass is 9.84. The van der Waals surface area contributed by atoms with Gasteiger partial charge in [-0.3, -0.25) is 9.89 Å². The van der Waals surface area contributed by atoms with Crippen LogP contribution < -0.4 is 4.74 Å². The van der Waals surface area contributed by atoms with Crippen LogP contribution in [0.3, 0.4) is 0 Å². The fraction of sp³-hybridized carbons (Fsp3) is 0.500. The molecule has 4 rings (SSSR count). The number of nitrogens with zero attached hydrogens (tertiary/aromatic N) is 2. The summed E-state index contributed by atoms with van der Waals surface area (Å²) in [7, 11) is 0. The smallest absolute Gasteiger partial charge is 0.226 e. The van der Waals surface area contributed by atoms with Crippen molar-refractivity contribution in [2.45, 2.75) is 44.6 Å². The number of likely N-dealkylation sites (tertiary alicyclic amines) is 1. The van der Waals surface area contributed by atoms with E-state index in [1.165, 1.54) is 12.5 Å². The van der Waals surface area contributed by atoms with Crippen LogP contribution >= 0.6 is 0 Å². The summed E-state index contributed by atoms with van der Waals surface area (Å²) in [5.74, 6) is 0.434. The molecule has 5 nitrogen and oxygen atoms in total. The quantitative estimate of drug-likeness (QED) is 0.859. The van der Waals surface area contributed by atoms with E-state index in [0.29, 0.717) is 18.9 Å². The molecule has 1 N–H and O–H groups in total. The van der Waals surface area contributed by atoms with Crippen LogP contribution in [-0.2, 0) is 11.2 Å². The van der Waals surface area contributed by atoms with Gasteiger partial charge in [-0.2, -0.15) is 5.10 Å². The molecule has 2 heterocycles. The molecule has 0 unspecified atom stereocenters. The Hall–Kier alpha value is -2.37. The van der Waals surface area contributed by atoms with Crippen molar-refractivity contribution >= 4 is 5.91 Å². The number of amides is 1. The first-order valence-electron chi connectivity index (χ1n) is 9.44.